The Morgan fingerprint density at radius 2 is 1.90 bits per heavy atom. The number of carboxylic acids is 1. The van der Waals surface area contributed by atoms with Crippen molar-refractivity contribution < 1.29 is 24.9 Å². The summed E-state index contributed by atoms with van der Waals surface area (Å²) in [7, 11) is 0. The third-order valence-electron chi connectivity index (χ3n) is 3.86. The molecule has 0 aliphatic heterocycles. The standard InChI is InChI=1S/C15H24O5/c1-2-3-4-5-10(16)6-7-11-12(8-15(19)20)14(18)9-13(11)17/h6-7,11-14,17-18H,2-5,8-9H2,1H3,(H,19,20)/t11-,12-,13-,14+/m1/s1. The first-order valence-corrected chi connectivity index (χ1v) is 7.24. The molecule has 0 radical (unpaired) electrons. The van der Waals surface area contributed by atoms with Crippen LogP contribution in [-0.4, -0.2) is 39.3 Å². The Morgan fingerprint density at radius 3 is 2.50 bits per heavy atom. The van der Waals surface area contributed by atoms with Gasteiger partial charge in [0.05, 0.1) is 18.6 Å². The van der Waals surface area contributed by atoms with E-state index in [1.807, 2.05) is 0 Å². The number of carbonyl (C=O) groups is 2. The summed E-state index contributed by atoms with van der Waals surface area (Å²) >= 11 is 0. The highest BCUT2D eigenvalue weighted by Crippen LogP contribution is 2.35. The van der Waals surface area contributed by atoms with Crippen LogP contribution in [0.4, 0.5) is 0 Å². The van der Waals surface area contributed by atoms with Gasteiger partial charge in [-0.3, -0.25) is 9.59 Å². The second-order valence-corrected chi connectivity index (χ2v) is 5.49. The second kappa shape index (κ2) is 8.17. The predicted molar refractivity (Wildman–Crippen MR) is 74.2 cm³/mol. The average molecular weight is 284 g/mol. The van der Waals surface area contributed by atoms with Crippen LogP contribution in [0.25, 0.3) is 0 Å². The molecule has 4 atom stereocenters. The summed E-state index contributed by atoms with van der Waals surface area (Å²) < 4.78 is 0. The van der Waals surface area contributed by atoms with Gasteiger partial charge in [-0.15, -0.1) is 0 Å². The monoisotopic (exact) mass is 284 g/mol. The van der Waals surface area contributed by atoms with Gasteiger partial charge in [0.1, 0.15) is 0 Å². The normalized spacial score (nSPS) is 29.9. The van der Waals surface area contributed by atoms with Gasteiger partial charge in [0.15, 0.2) is 5.78 Å². The Bertz CT molecular complexity index is 363. The molecule has 0 amide bonds. The molecular weight excluding hydrogens is 260 g/mol. The number of allylic oxidation sites excluding steroid dienone is 1. The zero-order valence-corrected chi connectivity index (χ0v) is 11.9. The smallest absolute Gasteiger partial charge is 0.303 e. The summed E-state index contributed by atoms with van der Waals surface area (Å²) in [5.74, 6) is -2.00. The van der Waals surface area contributed by atoms with Crippen molar-refractivity contribution in [2.45, 2.75) is 57.7 Å². The minimum atomic E-state index is -1.00. The molecule has 0 aromatic carbocycles. The van der Waals surface area contributed by atoms with Gasteiger partial charge >= 0.3 is 5.97 Å². The van der Waals surface area contributed by atoms with E-state index in [-0.39, 0.29) is 18.6 Å². The molecule has 5 heteroatoms. The van der Waals surface area contributed by atoms with Crippen molar-refractivity contribution >= 4 is 11.8 Å². The van der Waals surface area contributed by atoms with Crippen LogP contribution in [0, 0.1) is 11.8 Å². The van der Waals surface area contributed by atoms with Gasteiger partial charge in [0.2, 0.25) is 0 Å². The van der Waals surface area contributed by atoms with Gasteiger partial charge < -0.3 is 15.3 Å². The van der Waals surface area contributed by atoms with E-state index in [4.69, 9.17) is 5.11 Å². The molecule has 0 aromatic rings. The minimum absolute atomic E-state index is 0.0129. The van der Waals surface area contributed by atoms with E-state index in [2.05, 4.69) is 6.92 Å². The maximum absolute atomic E-state index is 11.6. The summed E-state index contributed by atoms with van der Waals surface area (Å²) in [4.78, 5) is 22.4. The molecule has 0 heterocycles. The van der Waals surface area contributed by atoms with Gasteiger partial charge in [0, 0.05) is 24.7 Å². The van der Waals surface area contributed by atoms with Gasteiger partial charge in [-0.25, -0.2) is 0 Å². The summed E-state index contributed by atoms with van der Waals surface area (Å²) in [6.45, 7) is 2.06. The SMILES string of the molecule is CCCCCC(=O)C=C[C@@H]1[C@@H](CC(=O)O)[C@@H](O)C[C@H]1O. The lowest BCUT2D eigenvalue weighted by Crippen LogP contribution is -2.23. The number of aliphatic hydroxyl groups is 2. The van der Waals surface area contributed by atoms with Crippen molar-refractivity contribution in [3.05, 3.63) is 12.2 Å². The third-order valence-corrected chi connectivity index (χ3v) is 3.86. The molecule has 0 unspecified atom stereocenters. The van der Waals surface area contributed by atoms with Gasteiger partial charge in [-0.2, -0.15) is 0 Å². The number of carbonyl (C=O) groups excluding carboxylic acids is 1. The highest BCUT2D eigenvalue weighted by atomic mass is 16.4. The van der Waals surface area contributed by atoms with Crippen LogP contribution in [0.3, 0.4) is 0 Å². The van der Waals surface area contributed by atoms with Crippen molar-refractivity contribution in [3.8, 4) is 0 Å². The van der Waals surface area contributed by atoms with Crippen LogP contribution in [-0.2, 0) is 9.59 Å². The Balaban J connectivity index is 2.57. The van der Waals surface area contributed by atoms with Crippen LogP contribution >= 0.6 is 0 Å². The molecule has 20 heavy (non-hydrogen) atoms. The fourth-order valence-electron chi connectivity index (χ4n) is 2.72. The number of hydrogen-bond acceptors (Lipinski definition) is 4. The number of aliphatic carboxylic acids is 1. The number of rotatable bonds is 8. The van der Waals surface area contributed by atoms with E-state index in [1.165, 1.54) is 6.08 Å². The van der Waals surface area contributed by atoms with E-state index in [0.29, 0.717) is 6.42 Å². The van der Waals surface area contributed by atoms with Crippen LogP contribution < -0.4 is 0 Å². The molecule has 3 N–H and O–H groups in total. The molecule has 0 bridgehead atoms. The lowest BCUT2D eigenvalue weighted by atomic mass is 9.90. The number of hydrogen-bond donors (Lipinski definition) is 3. The van der Waals surface area contributed by atoms with Crippen molar-refractivity contribution in [2.24, 2.45) is 11.8 Å². The van der Waals surface area contributed by atoms with Crippen molar-refractivity contribution in [3.63, 3.8) is 0 Å². The van der Waals surface area contributed by atoms with E-state index in [1.54, 1.807) is 6.08 Å². The molecule has 0 spiro atoms. The summed E-state index contributed by atoms with van der Waals surface area (Å²) in [6, 6.07) is 0. The predicted octanol–water partition coefficient (Wildman–Crippen LogP) is 1.52. The van der Waals surface area contributed by atoms with Gasteiger partial charge in [-0.05, 0) is 12.5 Å². The largest absolute Gasteiger partial charge is 0.481 e. The number of ketones is 1. The highest BCUT2D eigenvalue weighted by molar-refractivity contribution is 5.89. The first kappa shape index (κ1) is 16.9. The number of carboxylic acid groups (broad SMARTS) is 1. The Kier molecular flexibility index (Phi) is 6.88. The molecule has 1 fully saturated rings. The fraction of sp³-hybridized carbons (Fsp3) is 0.733. The zero-order chi connectivity index (χ0) is 15.1. The minimum Gasteiger partial charge on any atom is -0.481 e. The number of aliphatic hydroxyl groups excluding tert-OH is 2. The molecule has 0 aromatic heterocycles. The van der Waals surface area contributed by atoms with E-state index in [0.717, 1.165) is 19.3 Å². The molecule has 0 saturated heterocycles. The molecule has 1 saturated carbocycles. The lowest BCUT2D eigenvalue weighted by Gasteiger charge is -2.18. The van der Waals surface area contributed by atoms with Gasteiger partial charge in [-0.1, -0.05) is 25.8 Å². The second-order valence-electron chi connectivity index (χ2n) is 5.49. The first-order valence-electron chi connectivity index (χ1n) is 7.24. The topological polar surface area (TPSA) is 94.8 Å². The first-order chi connectivity index (χ1) is 9.45. The zero-order valence-electron chi connectivity index (χ0n) is 11.9. The summed E-state index contributed by atoms with van der Waals surface area (Å²) in [5.41, 5.74) is 0. The van der Waals surface area contributed by atoms with E-state index < -0.39 is 30.0 Å². The van der Waals surface area contributed by atoms with E-state index in [9.17, 15) is 19.8 Å². The lowest BCUT2D eigenvalue weighted by molar-refractivity contribution is -0.139. The van der Waals surface area contributed by atoms with Crippen molar-refractivity contribution in [1.29, 1.82) is 0 Å². The Morgan fingerprint density at radius 1 is 1.20 bits per heavy atom. The maximum atomic E-state index is 11.6. The van der Waals surface area contributed by atoms with Crippen molar-refractivity contribution in [1.82, 2.24) is 0 Å². The van der Waals surface area contributed by atoms with Crippen molar-refractivity contribution in [2.75, 3.05) is 0 Å². The maximum Gasteiger partial charge on any atom is 0.303 e. The summed E-state index contributed by atoms with van der Waals surface area (Å²) in [6.07, 6.45) is 4.72. The third kappa shape index (κ3) is 5.06. The average Bonchev–Trinajstić information content (AvgIpc) is 2.62. The fourth-order valence-corrected chi connectivity index (χ4v) is 2.72. The molecule has 1 aliphatic rings. The molecule has 5 nitrogen and oxygen atoms in total. The number of unbranched alkanes of at least 4 members (excludes halogenated alkanes) is 2. The Labute approximate surface area is 119 Å². The Hall–Kier alpha value is -1.20. The molecule has 114 valence electrons. The van der Waals surface area contributed by atoms with Crippen LogP contribution in [0.15, 0.2) is 12.2 Å². The van der Waals surface area contributed by atoms with E-state index >= 15 is 0 Å². The van der Waals surface area contributed by atoms with Crippen LogP contribution in [0.1, 0.15) is 45.4 Å². The molecule has 1 rings (SSSR count). The van der Waals surface area contributed by atoms with Gasteiger partial charge in [0.25, 0.3) is 0 Å². The molecule has 1 aliphatic carbocycles. The van der Waals surface area contributed by atoms with Crippen LogP contribution in [0.2, 0.25) is 0 Å². The van der Waals surface area contributed by atoms with Crippen LogP contribution in [0.5, 0.6) is 0 Å². The summed E-state index contributed by atoms with van der Waals surface area (Å²) in [5, 5.41) is 28.5. The molecular formula is C15H24O5. The quantitative estimate of drug-likeness (QED) is 0.464. The highest BCUT2D eigenvalue weighted by Gasteiger charge is 2.41.